The Morgan fingerprint density at radius 1 is 1.24 bits per heavy atom. The fraction of sp³-hybridized carbons (Fsp3) is 0.579. The zero-order chi connectivity index (χ0) is 18.2. The number of nitrogens with one attached hydrogen (secondary N) is 1. The molecule has 2 rings (SSSR count). The maximum absolute atomic E-state index is 12.7. The van der Waals surface area contributed by atoms with Crippen LogP contribution in [0.15, 0.2) is 30.3 Å². The molecule has 1 fully saturated rings. The third-order valence-corrected chi connectivity index (χ3v) is 4.43. The Morgan fingerprint density at radius 2 is 1.88 bits per heavy atom. The summed E-state index contributed by atoms with van der Waals surface area (Å²) in [6, 6.07) is 10.2. The second kappa shape index (κ2) is 9.30. The number of hydrogen-bond donors (Lipinski definition) is 1. The maximum atomic E-state index is 12.7. The Labute approximate surface area is 150 Å². The predicted molar refractivity (Wildman–Crippen MR) is 97.3 cm³/mol. The smallest absolute Gasteiger partial charge is 0.409 e. The first-order chi connectivity index (χ1) is 12.0. The standard InChI is InChI=1S/C19H29N3O3/c1-4-25-19(24)21-12-10-17(11-13-21)20-18(23)22(15(2)3)14-16-8-6-5-7-9-16/h5-9,15,17H,4,10-14H2,1-3H3,(H,20,23). The minimum absolute atomic E-state index is 0.0477. The summed E-state index contributed by atoms with van der Waals surface area (Å²) in [6.07, 6.45) is 1.24. The van der Waals surface area contributed by atoms with Crippen molar-refractivity contribution in [1.29, 1.82) is 0 Å². The zero-order valence-electron chi connectivity index (χ0n) is 15.4. The monoisotopic (exact) mass is 347 g/mol. The van der Waals surface area contributed by atoms with Gasteiger partial charge in [0, 0.05) is 31.7 Å². The van der Waals surface area contributed by atoms with E-state index in [1.165, 1.54) is 0 Å². The number of carbonyl (C=O) groups is 2. The van der Waals surface area contributed by atoms with Crippen LogP contribution < -0.4 is 5.32 Å². The molecule has 0 bridgehead atoms. The third kappa shape index (κ3) is 5.66. The molecule has 0 saturated carbocycles. The van der Waals surface area contributed by atoms with E-state index in [4.69, 9.17) is 4.74 Å². The highest BCUT2D eigenvalue weighted by atomic mass is 16.6. The molecule has 3 amide bonds. The number of ether oxygens (including phenoxy) is 1. The summed E-state index contributed by atoms with van der Waals surface area (Å²) >= 11 is 0. The topological polar surface area (TPSA) is 61.9 Å². The first-order valence-corrected chi connectivity index (χ1v) is 9.04. The van der Waals surface area contributed by atoms with Gasteiger partial charge in [-0.15, -0.1) is 0 Å². The van der Waals surface area contributed by atoms with Crippen LogP contribution in [0.2, 0.25) is 0 Å². The molecule has 1 aromatic carbocycles. The number of carbonyl (C=O) groups excluding carboxylic acids is 2. The molecular weight excluding hydrogens is 318 g/mol. The fourth-order valence-electron chi connectivity index (χ4n) is 2.95. The van der Waals surface area contributed by atoms with E-state index in [1.807, 2.05) is 49.1 Å². The maximum Gasteiger partial charge on any atom is 0.409 e. The summed E-state index contributed by atoms with van der Waals surface area (Å²) in [5.41, 5.74) is 1.11. The summed E-state index contributed by atoms with van der Waals surface area (Å²) in [4.78, 5) is 28.0. The average Bonchev–Trinajstić information content (AvgIpc) is 2.61. The highest BCUT2D eigenvalue weighted by Crippen LogP contribution is 2.14. The van der Waals surface area contributed by atoms with E-state index in [1.54, 1.807) is 11.8 Å². The van der Waals surface area contributed by atoms with Crippen LogP contribution in [-0.2, 0) is 11.3 Å². The summed E-state index contributed by atoms with van der Waals surface area (Å²) in [5, 5.41) is 3.12. The van der Waals surface area contributed by atoms with Gasteiger partial charge in [-0.05, 0) is 39.2 Å². The summed E-state index contributed by atoms with van der Waals surface area (Å²) in [7, 11) is 0. The number of urea groups is 1. The molecular formula is C19H29N3O3. The number of benzene rings is 1. The highest BCUT2D eigenvalue weighted by Gasteiger charge is 2.26. The van der Waals surface area contributed by atoms with Gasteiger partial charge in [0.05, 0.1) is 6.61 Å². The van der Waals surface area contributed by atoms with Gasteiger partial charge >= 0.3 is 12.1 Å². The molecule has 0 spiro atoms. The summed E-state index contributed by atoms with van der Waals surface area (Å²) in [6.45, 7) is 8.05. The molecule has 1 saturated heterocycles. The van der Waals surface area contributed by atoms with Crippen molar-refractivity contribution < 1.29 is 14.3 Å². The van der Waals surface area contributed by atoms with Crippen molar-refractivity contribution >= 4 is 12.1 Å². The van der Waals surface area contributed by atoms with E-state index >= 15 is 0 Å². The van der Waals surface area contributed by atoms with Gasteiger partial charge < -0.3 is 19.9 Å². The average molecular weight is 347 g/mol. The van der Waals surface area contributed by atoms with Crippen molar-refractivity contribution in [3.8, 4) is 0 Å². The minimum Gasteiger partial charge on any atom is -0.450 e. The molecule has 6 heteroatoms. The van der Waals surface area contributed by atoms with Crippen LogP contribution in [0, 0.1) is 0 Å². The van der Waals surface area contributed by atoms with Gasteiger partial charge in [-0.25, -0.2) is 9.59 Å². The first-order valence-electron chi connectivity index (χ1n) is 9.04. The Balaban J connectivity index is 1.86. The van der Waals surface area contributed by atoms with Gasteiger partial charge in [-0.1, -0.05) is 30.3 Å². The van der Waals surface area contributed by atoms with Crippen molar-refractivity contribution in [2.75, 3.05) is 19.7 Å². The van der Waals surface area contributed by atoms with E-state index in [-0.39, 0.29) is 24.2 Å². The largest absolute Gasteiger partial charge is 0.450 e. The molecule has 138 valence electrons. The van der Waals surface area contributed by atoms with E-state index in [2.05, 4.69) is 5.32 Å². The van der Waals surface area contributed by atoms with Gasteiger partial charge in [0.1, 0.15) is 0 Å². The van der Waals surface area contributed by atoms with Crippen molar-refractivity contribution in [1.82, 2.24) is 15.1 Å². The third-order valence-electron chi connectivity index (χ3n) is 4.43. The number of nitrogens with zero attached hydrogens (tertiary/aromatic N) is 2. The molecule has 1 aliphatic rings. The van der Waals surface area contributed by atoms with Crippen LogP contribution >= 0.6 is 0 Å². The Hall–Kier alpha value is -2.24. The Bertz CT molecular complexity index is 554. The van der Waals surface area contributed by atoms with Crippen molar-refractivity contribution in [2.45, 2.75) is 52.2 Å². The number of rotatable bonds is 5. The van der Waals surface area contributed by atoms with Gasteiger partial charge in [0.15, 0.2) is 0 Å². The van der Waals surface area contributed by atoms with Crippen LogP contribution in [0.5, 0.6) is 0 Å². The normalized spacial score (nSPS) is 15.1. The lowest BCUT2D eigenvalue weighted by Gasteiger charge is -2.34. The van der Waals surface area contributed by atoms with Crippen LogP contribution in [-0.4, -0.2) is 53.7 Å². The lowest BCUT2D eigenvalue weighted by Crippen LogP contribution is -2.51. The summed E-state index contributed by atoms with van der Waals surface area (Å²) in [5.74, 6) is 0. The van der Waals surface area contributed by atoms with Crippen LogP contribution in [0.4, 0.5) is 9.59 Å². The van der Waals surface area contributed by atoms with Gasteiger partial charge in [-0.3, -0.25) is 0 Å². The quantitative estimate of drug-likeness (QED) is 0.889. The molecule has 1 N–H and O–H groups in total. The minimum atomic E-state index is -0.264. The van der Waals surface area contributed by atoms with Crippen LogP contribution in [0.25, 0.3) is 0 Å². The van der Waals surface area contributed by atoms with Gasteiger partial charge in [0.2, 0.25) is 0 Å². The molecule has 0 radical (unpaired) electrons. The second-order valence-corrected chi connectivity index (χ2v) is 6.62. The second-order valence-electron chi connectivity index (χ2n) is 6.62. The number of hydrogen-bond acceptors (Lipinski definition) is 3. The molecule has 1 aliphatic heterocycles. The van der Waals surface area contributed by atoms with Crippen molar-refractivity contribution in [3.05, 3.63) is 35.9 Å². The number of likely N-dealkylation sites (tertiary alicyclic amines) is 1. The molecule has 25 heavy (non-hydrogen) atoms. The van der Waals surface area contributed by atoms with Crippen molar-refractivity contribution in [2.24, 2.45) is 0 Å². The molecule has 1 aromatic rings. The molecule has 0 atom stereocenters. The molecule has 6 nitrogen and oxygen atoms in total. The molecule has 0 aromatic heterocycles. The number of amides is 3. The fourth-order valence-corrected chi connectivity index (χ4v) is 2.95. The molecule has 1 heterocycles. The predicted octanol–water partition coefficient (Wildman–Crippen LogP) is 3.23. The summed E-state index contributed by atoms with van der Waals surface area (Å²) < 4.78 is 5.03. The van der Waals surface area contributed by atoms with Gasteiger partial charge in [0.25, 0.3) is 0 Å². The van der Waals surface area contributed by atoms with E-state index in [9.17, 15) is 9.59 Å². The molecule has 0 unspecified atom stereocenters. The lowest BCUT2D eigenvalue weighted by atomic mass is 10.1. The first kappa shape index (κ1) is 19.1. The highest BCUT2D eigenvalue weighted by molar-refractivity contribution is 5.75. The SMILES string of the molecule is CCOC(=O)N1CCC(NC(=O)N(Cc2ccccc2)C(C)C)CC1. The van der Waals surface area contributed by atoms with Gasteiger partial charge in [-0.2, -0.15) is 0 Å². The van der Waals surface area contributed by atoms with E-state index in [0.29, 0.717) is 26.2 Å². The zero-order valence-corrected chi connectivity index (χ0v) is 15.4. The Kier molecular flexibility index (Phi) is 7.10. The molecule has 0 aliphatic carbocycles. The van der Waals surface area contributed by atoms with Crippen LogP contribution in [0.3, 0.4) is 0 Å². The van der Waals surface area contributed by atoms with E-state index in [0.717, 1.165) is 18.4 Å². The lowest BCUT2D eigenvalue weighted by molar-refractivity contribution is 0.0947. The number of piperidine rings is 1. The Morgan fingerprint density at radius 3 is 2.44 bits per heavy atom. The van der Waals surface area contributed by atoms with Crippen molar-refractivity contribution in [3.63, 3.8) is 0 Å². The van der Waals surface area contributed by atoms with Crippen LogP contribution in [0.1, 0.15) is 39.2 Å². The van der Waals surface area contributed by atoms with E-state index < -0.39 is 0 Å².